The maximum absolute atomic E-state index is 11.5. The van der Waals surface area contributed by atoms with Gasteiger partial charge in [0, 0.05) is 5.56 Å². The molecule has 0 unspecified atom stereocenters. The number of carbonyl (C=O) groups excluding carboxylic acids is 1. The molecule has 0 aliphatic heterocycles. The molecule has 1 aromatic rings. The standard InChI is InChI=1S/C14H16O/c1-9(2)12-6-7-13(10(3)4)14(8-12)11(5)15/h6-8H,1,3H2,2,4-5H3. The largest absolute Gasteiger partial charge is 0.294 e. The van der Waals surface area contributed by atoms with E-state index in [0.29, 0.717) is 0 Å². The van der Waals surface area contributed by atoms with Gasteiger partial charge in [-0.3, -0.25) is 4.79 Å². The Labute approximate surface area is 91.1 Å². The lowest BCUT2D eigenvalue weighted by Crippen LogP contribution is -1.99. The molecule has 0 saturated carbocycles. The fourth-order valence-electron chi connectivity index (χ4n) is 1.47. The topological polar surface area (TPSA) is 17.1 Å². The Kier molecular flexibility index (Phi) is 3.25. The average molecular weight is 200 g/mol. The first-order chi connectivity index (χ1) is 6.93. The zero-order chi connectivity index (χ0) is 11.6. The van der Waals surface area contributed by atoms with Gasteiger partial charge in [0.05, 0.1) is 0 Å². The molecule has 0 fully saturated rings. The molecule has 0 radical (unpaired) electrons. The van der Waals surface area contributed by atoms with E-state index in [1.165, 1.54) is 0 Å². The second-order valence-electron chi connectivity index (χ2n) is 3.88. The van der Waals surface area contributed by atoms with Crippen molar-refractivity contribution < 1.29 is 4.79 Å². The summed E-state index contributed by atoms with van der Waals surface area (Å²) in [4.78, 5) is 11.5. The molecule has 1 aromatic carbocycles. The van der Waals surface area contributed by atoms with E-state index < -0.39 is 0 Å². The molecular weight excluding hydrogens is 184 g/mol. The van der Waals surface area contributed by atoms with Crippen molar-refractivity contribution in [3.63, 3.8) is 0 Å². The molecule has 0 heterocycles. The highest BCUT2D eigenvalue weighted by Gasteiger charge is 2.08. The van der Waals surface area contributed by atoms with E-state index in [4.69, 9.17) is 0 Å². The summed E-state index contributed by atoms with van der Waals surface area (Å²) in [5.41, 5.74) is 4.53. The number of allylic oxidation sites excluding steroid dienone is 2. The molecule has 0 amide bonds. The van der Waals surface area contributed by atoms with Gasteiger partial charge < -0.3 is 0 Å². The summed E-state index contributed by atoms with van der Waals surface area (Å²) in [7, 11) is 0. The van der Waals surface area contributed by atoms with Crippen molar-refractivity contribution in [3.8, 4) is 0 Å². The first-order valence-electron chi connectivity index (χ1n) is 4.90. The molecule has 0 aromatic heterocycles. The predicted molar refractivity (Wildman–Crippen MR) is 65.9 cm³/mol. The Morgan fingerprint density at radius 3 is 2.00 bits per heavy atom. The van der Waals surface area contributed by atoms with Gasteiger partial charge in [-0.15, -0.1) is 0 Å². The highest BCUT2D eigenvalue weighted by atomic mass is 16.1. The van der Waals surface area contributed by atoms with Crippen molar-refractivity contribution in [3.05, 3.63) is 48.0 Å². The Hall–Kier alpha value is -1.63. The summed E-state index contributed by atoms with van der Waals surface area (Å²) in [5.74, 6) is 0.0658. The molecule has 78 valence electrons. The minimum atomic E-state index is 0.0658. The number of hydrogen-bond acceptors (Lipinski definition) is 1. The van der Waals surface area contributed by atoms with Crippen LogP contribution >= 0.6 is 0 Å². The number of benzene rings is 1. The lowest BCUT2D eigenvalue weighted by atomic mass is 9.95. The van der Waals surface area contributed by atoms with E-state index in [2.05, 4.69) is 13.2 Å². The molecule has 0 spiro atoms. The number of ketones is 1. The summed E-state index contributed by atoms with van der Waals surface area (Å²) in [6.07, 6.45) is 0. The number of rotatable bonds is 3. The average Bonchev–Trinajstić information content (AvgIpc) is 2.16. The molecule has 0 bridgehead atoms. The third-order valence-corrected chi connectivity index (χ3v) is 2.35. The van der Waals surface area contributed by atoms with Gasteiger partial charge in [-0.25, -0.2) is 0 Å². The first-order valence-corrected chi connectivity index (χ1v) is 4.90. The van der Waals surface area contributed by atoms with E-state index in [1.807, 2.05) is 32.0 Å². The van der Waals surface area contributed by atoms with Crippen LogP contribution in [-0.2, 0) is 0 Å². The van der Waals surface area contributed by atoms with Gasteiger partial charge in [-0.05, 0) is 38.0 Å². The molecule has 0 saturated heterocycles. The summed E-state index contributed by atoms with van der Waals surface area (Å²) in [6, 6.07) is 5.79. The first kappa shape index (κ1) is 11.4. The van der Waals surface area contributed by atoms with Crippen LogP contribution in [0.1, 0.15) is 42.3 Å². The Morgan fingerprint density at radius 1 is 1.00 bits per heavy atom. The van der Waals surface area contributed by atoms with Crippen LogP contribution in [0.3, 0.4) is 0 Å². The normalized spacial score (nSPS) is 9.80. The lowest BCUT2D eigenvalue weighted by molar-refractivity contribution is 0.101. The molecular formula is C14H16O. The van der Waals surface area contributed by atoms with Crippen LogP contribution in [0.15, 0.2) is 31.4 Å². The molecule has 0 aliphatic carbocycles. The van der Waals surface area contributed by atoms with E-state index >= 15 is 0 Å². The minimum Gasteiger partial charge on any atom is -0.294 e. The molecule has 15 heavy (non-hydrogen) atoms. The molecule has 0 atom stereocenters. The second kappa shape index (κ2) is 4.26. The maximum Gasteiger partial charge on any atom is 0.160 e. The minimum absolute atomic E-state index is 0.0658. The van der Waals surface area contributed by atoms with E-state index in [-0.39, 0.29) is 5.78 Å². The van der Waals surface area contributed by atoms with Crippen LogP contribution in [0.2, 0.25) is 0 Å². The SMILES string of the molecule is C=C(C)c1ccc(C(=C)C)c(C(C)=O)c1. The second-order valence-corrected chi connectivity index (χ2v) is 3.88. The van der Waals surface area contributed by atoms with E-state index in [0.717, 1.165) is 27.8 Å². The summed E-state index contributed by atoms with van der Waals surface area (Å²) >= 11 is 0. The van der Waals surface area contributed by atoms with Crippen molar-refractivity contribution in [1.82, 2.24) is 0 Å². The third-order valence-electron chi connectivity index (χ3n) is 2.35. The van der Waals surface area contributed by atoms with Gasteiger partial charge in [0.15, 0.2) is 5.78 Å². The van der Waals surface area contributed by atoms with E-state index in [1.54, 1.807) is 6.92 Å². The lowest BCUT2D eigenvalue weighted by Gasteiger charge is -2.09. The van der Waals surface area contributed by atoms with Gasteiger partial charge in [-0.2, -0.15) is 0 Å². The molecule has 0 aliphatic rings. The summed E-state index contributed by atoms with van der Waals surface area (Å²) in [6.45, 7) is 13.1. The molecule has 0 N–H and O–H groups in total. The van der Waals surface area contributed by atoms with Crippen LogP contribution in [0, 0.1) is 0 Å². The van der Waals surface area contributed by atoms with Crippen LogP contribution in [0.25, 0.3) is 11.1 Å². The smallest absolute Gasteiger partial charge is 0.160 e. The van der Waals surface area contributed by atoms with Gasteiger partial charge in [-0.1, -0.05) is 36.4 Å². The van der Waals surface area contributed by atoms with Gasteiger partial charge >= 0.3 is 0 Å². The molecule has 1 heteroatoms. The maximum atomic E-state index is 11.5. The fraction of sp³-hybridized carbons (Fsp3) is 0.214. The predicted octanol–water partition coefficient (Wildman–Crippen LogP) is 3.96. The van der Waals surface area contributed by atoms with Crippen LogP contribution in [0.5, 0.6) is 0 Å². The van der Waals surface area contributed by atoms with Gasteiger partial charge in [0.2, 0.25) is 0 Å². The van der Waals surface area contributed by atoms with Gasteiger partial charge in [0.1, 0.15) is 0 Å². The van der Waals surface area contributed by atoms with Crippen LogP contribution in [-0.4, -0.2) is 5.78 Å². The monoisotopic (exact) mass is 200 g/mol. The van der Waals surface area contributed by atoms with Crippen LogP contribution in [0.4, 0.5) is 0 Å². The number of Topliss-reactive ketones (excluding diaryl/α,β-unsaturated/α-hetero) is 1. The molecule has 1 rings (SSSR count). The highest BCUT2D eigenvalue weighted by molar-refractivity contribution is 5.99. The van der Waals surface area contributed by atoms with Crippen LogP contribution < -0.4 is 0 Å². The van der Waals surface area contributed by atoms with Crippen molar-refractivity contribution in [1.29, 1.82) is 0 Å². The summed E-state index contributed by atoms with van der Waals surface area (Å²) < 4.78 is 0. The van der Waals surface area contributed by atoms with Crippen molar-refractivity contribution >= 4 is 16.9 Å². The highest BCUT2D eigenvalue weighted by Crippen LogP contribution is 2.22. The number of hydrogen-bond donors (Lipinski definition) is 0. The van der Waals surface area contributed by atoms with Crippen molar-refractivity contribution in [2.24, 2.45) is 0 Å². The Bertz CT molecular complexity index is 439. The number of carbonyl (C=O) groups is 1. The van der Waals surface area contributed by atoms with Gasteiger partial charge in [0.25, 0.3) is 0 Å². The Morgan fingerprint density at radius 2 is 1.60 bits per heavy atom. The van der Waals surface area contributed by atoms with Crippen molar-refractivity contribution in [2.75, 3.05) is 0 Å². The third kappa shape index (κ3) is 2.44. The zero-order valence-corrected chi connectivity index (χ0v) is 9.55. The van der Waals surface area contributed by atoms with Crippen molar-refractivity contribution in [2.45, 2.75) is 20.8 Å². The fourth-order valence-corrected chi connectivity index (χ4v) is 1.47. The zero-order valence-electron chi connectivity index (χ0n) is 9.55. The Balaban J connectivity index is 3.40. The summed E-state index contributed by atoms with van der Waals surface area (Å²) in [5, 5.41) is 0. The van der Waals surface area contributed by atoms with E-state index in [9.17, 15) is 4.79 Å². The molecule has 1 nitrogen and oxygen atoms in total. The quantitative estimate of drug-likeness (QED) is 0.675.